The van der Waals surface area contributed by atoms with Gasteiger partial charge in [0, 0.05) is 13.0 Å². The molecule has 1 aliphatic carbocycles. The maximum atomic E-state index is 12.2. The van der Waals surface area contributed by atoms with Gasteiger partial charge in [-0.3, -0.25) is 9.59 Å². The van der Waals surface area contributed by atoms with Gasteiger partial charge in [-0.25, -0.2) is 0 Å². The topological polar surface area (TPSA) is 75.6 Å². The predicted molar refractivity (Wildman–Crippen MR) is 103 cm³/mol. The highest BCUT2D eigenvalue weighted by molar-refractivity contribution is 5.78. The number of ether oxygens (including phenoxy) is 1. The van der Waals surface area contributed by atoms with Crippen molar-refractivity contribution in [2.75, 3.05) is 13.7 Å². The summed E-state index contributed by atoms with van der Waals surface area (Å²) < 4.78 is 5.29. The summed E-state index contributed by atoms with van der Waals surface area (Å²) in [7, 11) is 1.56. The van der Waals surface area contributed by atoms with Crippen LogP contribution in [0.15, 0.2) is 54.6 Å². The number of carbonyl (C=O) groups is 2. The average molecular weight is 367 g/mol. The molecule has 0 aromatic heterocycles. The van der Waals surface area contributed by atoms with Gasteiger partial charge in [0.05, 0.1) is 13.0 Å². The van der Waals surface area contributed by atoms with Crippen LogP contribution in [0.5, 0.6) is 5.75 Å². The monoisotopic (exact) mass is 367 g/mol. The van der Waals surface area contributed by atoms with Gasteiger partial charge < -0.3 is 15.2 Å². The molecule has 0 aliphatic heterocycles. The molecule has 1 saturated carbocycles. The Morgan fingerprint density at radius 1 is 1.15 bits per heavy atom. The van der Waals surface area contributed by atoms with Gasteiger partial charge in [0.15, 0.2) is 0 Å². The molecular weight excluding hydrogens is 342 g/mol. The van der Waals surface area contributed by atoms with Gasteiger partial charge in [0.1, 0.15) is 5.75 Å². The van der Waals surface area contributed by atoms with Gasteiger partial charge in [0.2, 0.25) is 5.91 Å². The standard InChI is InChI=1S/C22H25NO4/c1-27-20-10-6-5-9-16(20)11-18(22(25)26)14-23-21(24)13-17-12-19(17)15-7-3-2-4-8-15/h2-10,17-19H,11-14H2,1H3,(H,23,24)(H,25,26)/t17-,18?,19-/m0/s1. The third-order valence-corrected chi connectivity index (χ3v) is 5.15. The van der Waals surface area contributed by atoms with Crippen molar-refractivity contribution in [3.63, 3.8) is 0 Å². The fourth-order valence-electron chi connectivity index (χ4n) is 3.51. The second kappa shape index (κ2) is 8.71. The average Bonchev–Trinajstić information content (AvgIpc) is 3.44. The van der Waals surface area contributed by atoms with Gasteiger partial charge in [-0.15, -0.1) is 0 Å². The Labute approximate surface area is 159 Å². The van der Waals surface area contributed by atoms with Crippen molar-refractivity contribution in [3.8, 4) is 5.75 Å². The molecule has 1 amide bonds. The molecule has 1 unspecified atom stereocenters. The van der Waals surface area contributed by atoms with Gasteiger partial charge in [0.25, 0.3) is 0 Å². The highest BCUT2D eigenvalue weighted by Gasteiger charge is 2.39. The maximum Gasteiger partial charge on any atom is 0.308 e. The molecule has 142 valence electrons. The van der Waals surface area contributed by atoms with Crippen LogP contribution in [0.2, 0.25) is 0 Å². The first-order chi connectivity index (χ1) is 13.1. The number of hydrogen-bond donors (Lipinski definition) is 2. The van der Waals surface area contributed by atoms with Gasteiger partial charge in [-0.1, -0.05) is 48.5 Å². The summed E-state index contributed by atoms with van der Waals surface area (Å²) in [5, 5.41) is 12.3. The van der Waals surface area contributed by atoms with E-state index in [4.69, 9.17) is 4.74 Å². The summed E-state index contributed by atoms with van der Waals surface area (Å²) in [6.07, 6.45) is 1.78. The van der Waals surface area contributed by atoms with Crippen molar-refractivity contribution >= 4 is 11.9 Å². The van der Waals surface area contributed by atoms with E-state index in [9.17, 15) is 14.7 Å². The number of aliphatic carboxylic acids is 1. The highest BCUT2D eigenvalue weighted by atomic mass is 16.5. The molecule has 3 atom stereocenters. The van der Waals surface area contributed by atoms with Crippen LogP contribution in [-0.2, 0) is 16.0 Å². The fourth-order valence-corrected chi connectivity index (χ4v) is 3.51. The third-order valence-electron chi connectivity index (χ3n) is 5.15. The quantitative estimate of drug-likeness (QED) is 0.713. The smallest absolute Gasteiger partial charge is 0.308 e. The maximum absolute atomic E-state index is 12.2. The van der Waals surface area contributed by atoms with Crippen LogP contribution in [0.25, 0.3) is 0 Å². The number of benzene rings is 2. The first kappa shape index (κ1) is 19.0. The molecule has 0 saturated heterocycles. The molecular formula is C22H25NO4. The lowest BCUT2D eigenvalue weighted by Crippen LogP contribution is -2.34. The Bertz CT molecular complexity index is 790. The molecule has 1 fully saturated rings. The molecule has 2 aromatic carbocycles. The molecule has 2 N–H and O–H groups in total. The zero-order valence-electron chi connectivity index (χ0n) is 15.4. The Kier molecular flexibility index (Phi) is 6.12. The van der Waals surface area contributed by atoms with Crippen LogP contribution in [0.3, 0.4) is 0 Å². The Morgan fingerprint density at radius 3 is 2.56 bits per heavy atom. The fraction of sp³-hybridized carbons (Fsp3) is 0.364. The number of para-hydroxylation sites is 1. The van der Waals surface area contributed by atoms with E-state index >= 15 is 0 Å². The van der Waals surface area contributed by atoms with E-state index in [1.165, 1.54) is 5.56 Å². The number of nitrogens with one attached hydrogen (secondary N) is 1. The lowest BCUT2D eigenvalue weighted by molar-refractivity contribution is -0.141. The summed E-state index contributed by atoms with van der Waals surface area (Å²) in [4.78, 5) is 23.8. The van der Waals surface area contributed by atoms with Crippen molar-refractivity contribution in [2.45, 2.75) is 25.2 Å². The molecule has 1 aliphatic rings. The second-order valence-corrected chi connectivity index (χ2v) is 7.07. The van der Waals surface area contributed by atoms with Crippen molar-refractivity contribution < 1.29 is 19.4 Å². The molecule has 0 bridgehead atoms. The minimum absolute atomic E-state index is 0.0790. The van der Waals surface area contributed by atoms with Crippen molar-refractivity contribution in [2.24, 2.45) is 11.8 Å². The zero-order chi connectivity index (χ0) is 19.2. The van der Waals surface area contributed by atoms with E-state index < -0.39 is 11.9 Å². The number of hydrogen-bond acceptors (Lipinski definition) is 3. The Balaban J connectivity index is 1.49. The number of methoxy groups -OCH3 is 1. The summed E-state index contributed by atoms with van der Waals surface area (Å²) in [6.45, 7) is 0.120. The summed E-state index contributed by atoms with van der Waals surface area (Å²) in [6, 6.07) is 17.6. The van der Waals surface area contributed by atoms with E-state index in [0.717, 1.165) is 12.0 Å². The number of carboxylic acid groups (broad SMARTS) is 1. The summed E-state index contributed by atoms with van der Waals surface area (Å²) >= 11 is 0. The SMILES string of the molecule is COc1ccccc1CC(CNC(=O)C[C@@H]1C[C@H]1c1ccccc1)C(=O)O. The normalized spacial score (nSPS) is 19.1. The van der Waals surface area contributed by atoms with Gasteiger partial charge in [-0.05, 0) is 41.9 Å². The summed E-state index contributed by atoms with van der Waals surface area (Å²) in [5.41, 5.74) is 2.10. The largest absolute Gasteiger partial charge is 0.496 e. The lowest BCUT2D eigenvalue weighted by Gasteiger charge is -2.15. The molecule has 0 radical (unpaired) electrons. The van der Waals surface area contributed by atoms with E-state index in [1.807, 2.05) is 42.5 Å². The first-order valence-electron chi connectivity index (χ1n) is 9.24. The van der Waals surface area contributed by atoms with E-state index in [-0.39, 0.29) is 12.5 Å². The number of amides is 1. The van der Waals surface area contributed by atoms with Crippen molar-refractivity contribution in [1.82, 2.24) is 5.32 Å². The number of rotatable bonds is 9. The zero-order valence-corrected chi connectivity index (χ0v) is 15.4. The van der Waals surface area contributed by atoms with E-state index in [0.29, 0.717) is 30.4 Å². The molecule has 5 heteroatoms. The molecule has 3 rings (SSSR count). The van der Waals surface area contributed by atoms with Gasteiger partial charge in [-0.2, -0.15) is 0 Å². The molecule has 27 heavy (non-hydrogen) atoms. The third kappa shape index (κ3) is 5.09. The molecule has 5 nitrogen and oxygen atoms in total. The predicted octanol–water partition coefficient (Wildman–Crippen LogP) is 3.25. The van der Waals surface area contributed by atoms with Crippen LogP contribution in [0.1, 0.15) is 29.9 Å². The summed E-state index contributed by atoms with van der Waals surface area (Å²) in [5.74, 6) is -0.224. The number of carboxylic acids is 1. The molecule has 2 aromatic rings. The van der Waals surface area contributed by atoms with Crippen LogP contribution in [-0.4, -0.2) is 30.6 Å². The van der Waals surface area contributed by atoms with E-state index in [1.54, 1.807) is 7.11 Å². The minimum atomic E-state index is -0.921. The van der Waals surface area contributed by atoms with Crippen molar-refractivity contribution in [3.05, 3.63) is 65.7 Å². The first-order valence-corrected chi connectivity index (χ1v) is 9.24. The van der Waals surface area contributed by atoms with Crippen molar-refractivity contribution in [1.29, 1.82) is 0 Å². The second-order valence-electron chi connectivity index (χ2n) is 7.07. The van der Waals surface area contributed by atoms with Crippen LogP contribution in [0, 0.1) is 11.8 Å². The molecule has 0 heterocycles. The lowest BCUT2D eigenvalue weighted by atomic mass is 9.98. The van der Waals surface area contributed by atoms with E-state index in [2.05, 4.69) is 17.4 Å². The molecule has 0 spiro atoms. The number of carbonyl (C=O) groups excluding carboxylic acids is 1. The van der Waals surface area contributed by atoms with Crippen LogP contribution < -0.4 is 10.1 Å². The Morgan fingerprint density at radius 2 is 1.85 bits per heavy atom. The minimum Gasteiger partial charge on any atom is -0.496 e. The van der Waals surface area contributed by atoms with Gasteiger partial charge >= 0.3 is 5.97 Å². The highest BCUT2D eigenvalue weighted by Crippen LogP contribution is 2.49. The Hall–Kier alpha value is -2.82. The van der Waals surface area contributed by atoms with Crippen LogP contribution in [0.4, 0.5) is 0 Å². The van der Waals surface area contributed by atoms with Crippen LogP contribution >= 0.6 is 0 Å².